The molecule has 1 saturated carbocycles. The minimum atomic E-state index is -0.269. The zero-order valence-corrected chi connectivity index (χ0v) is 5.08. The topological polar surface area (TPSA) is 57.5 Å². The fourth-order valence-electron chi connectivity index (χ4n) is 1.10. The van der Waals surface area contributed by atoms with Crippen molar-refractivity contribution in [3.05, 3.63) is 0 Å². The highest BCUT2D eigenvalue weighted by atomic mass is 16.3. The van der Waals surface area contributed by atoms with Gasteiger partial charge in [0.25, 0.3) is 0 Å². The first-order valence-corrected chi connectivity index (χ1v) is 3.04. The van der Waals surface area contributed by atoms with Crippen molar-refractivity contribution in [2.45, 2.75) is 6.42 Å². The molecule has 1 aliphatic carbocycles. The highest BCUT2D eigenvalue weighted by Gasteiger charge is 2.38. The first kappa shape index (κ1) is 6.71. The SMILES string of the molecule is O=C1CC(CO)C1CO. The third-order valence-electron chi connectivity index (χ3n) is 1.88. The van der Waals surface area contributed by atoms with Crippen molar-refractivity contribution in [3.8, 4) is 0 Å². The maximum atomic E-state index is 10.6. The van der Waals surface area contributed by atoms with Crippen molar-refractivity contribution in [1.82, 2.24) is 0 Å². The number of carbonyl (C=O) groups excluding carboxylic acids is 1. The fraction of sp³-hybridized carbons (Fsp3) is 0.833. The van der Waals surface area contributed by atoms with Crippen molar-refractivity contribution < 1.29 is 15.0 Å². The quantitative estimate of drug-likeness (QED) is 0.513. The molecule has 3 heteroatoms. The predicted molar refractivity (Wildman–Crippen MR) is 30.8 cm³/mol. The van der Waals surface area contributed by atoms with Crippen molar-refractivity contribution in [3.63, 3.8) is 0 Å². The summed E-state index contributed by atoms with van der Waals surface area (Å²) in [4.78, 5) is 10.6. The van der Waals surface area contributed by atoms with Gasteiger partial charge in [-0.3, -0.25) is 4.79 Å². The van der Waals surface area contributed by atoms with E-state index in [1.54, 1.807) is 0 Å². The normalized spacial score (nSPS) is 34.2. The van der Waals surface area contributed by atoms with Crippen molar-refractivity contribution >= 4 is 5.78 Å². The van der Waals surface area contributed by atoms with E-state index < -0.39 is 0 Å². The molecule has 2 N–H and O–H groups in total. The molecule has 0 aliphatic heterocycles. The summed E-state index contributed by atoms with van der Waals surface area (Å²) < 4.78 is 0. The molecule has 0 amide bonds. The summed E-state index contributed by atoms with van der Waals surface area (Å²) >= 11 is 0. The van der Waals surface area contributed by atoms with E-state index in [-0.39, 0.29) is 30.8 Å². The summed E-state index contributed by atoms with van der Waals surface area (Å²) in [5, 5.41) is 17.1. The zero-order chi connectivity index (χ0) is 6.85. The molecule has 0 bridgehead atoms. The van der Waals surface area contributed by atoms with Gasteiger partial charge in [-0.25, -0.2) is 0 Å². The van der Waals surface area contributed by atoms with Crippen LogP contribution in [0, 0.1) is 11.8 Å². The Morgan fingerprint density at radius 3 is 2.33 bits per heavy atom. The Morgan fingerprint density at radius 2 is 2.11 bits per heavy atom. The Labute approximate surface area is 53.3 Å². The van der Waals surface area contributed by atoms with E-state index in [1.165, 1.54) is 0 Å². The maximum Gasteiger partial charge on any atom is 0.139 e. The standard InChI is InChI=1S/C6H10O3/c7-2-4-1-6(9)5(4)3-8/h4-5,7-8H,1-3H2. The molecule has 1 aliphatic rings. The van der Waals surface area contributed by atoms with Gasteiger partial charge in [0.15, 0.2) is 0 Å². The maximum absolute atomic E-state index is 10.6. The Kier molecular flexibility index (Phi) is 1.83. The van der Waals surface area contributed by atoms with Gasteiger partial charge in [0.2, 0.25) is 0 Å². The highest BCUT2D eigenvalue weighted by molar-refractivity contribution is 5.87. The minimum absolute atomic E-state index is 0.0248. The lowest BCUT2D eigenvalue weighted by molar-refractivity contribution is -0.138. The van der Waals surface area contributed by atoms with Gasteiger partial charge in [-0.1, -0.05) is 0 Å². The second-order valence-electron chi connectivity index (χ2n) is 2.40. The van der Waals surface area contributed by atoms with Crippen LogP contribution in [0.1, 0.15) is 6.42 Å². The van der Waals surface area contributed by atoms with E-state index in [0.29, 0.717) is 6.42 Å². The Morgan fingerprint density at radius 1 is 1.44 bits per heavy atom. The van der Waals surface area contributed by atoms with Gasteiger partial charge in [-0.15, -0.1) is 0 Å². The number of rotatable bonds is 2. The van der Waals surface area contributed by atoms with Crippen LogP contribution in [-0.4, -0.2) is 29.2 Å². The molecular weight excluding hydrogens is 120 g/mol. The second kappa shape index (κ2) is 2.45. The molecule has 1 fully saturated rings. The molecule has 3 nitrogen and oxygen atoms in total. The van der Waals surface area contributed by atoms with E-state index in [1.807, 2.05) is 0 Å². The molecule has 1 rings (SSSR count). The Bertz CT molecular complexity index is 121. The number of aliphatic hydroxyl groups is 2. The Hall–Kier alpha value is -0.410. The average Bonchev–Trinajstić information content (AvgIpc) is 1.83. The first-order valence-electron chi connectivity index (χ1n) is 3.04. The van der Waals surface area contributed by atoms with Crippen LogP contribution in [0.15, 0.2) is 0 Å². The van der Waals surface area contributed by atoms with Crippen LogP contribution in [-0.2, 0) is 4.79 Å². The molecule has 0 spiro atoms. The zero-order valence-electron chi connectivity index (χ0n) is 5.08. The number of carbonyl (C=O) groups is 1. The van der Waals surface area contributed by atoms with Crippen LogP contribution in [0.4, 0.5) is 0 Å². The van der Waals surface area contributed by atoms with Crippen molar-refractivity contribution in [2.75, 3.05) is 13.2 Å². The number of hydrogen-bond acceptors (Lipinski definition) is 3. The lowest BCUT2D eigenvalue weighted by Crippen LogP contribution is -2.41. The molecule has 2 atom stereocenters. The van der Waals surface area contributed by atoms with Crippen molar-refractivity contribution in [2.24, 2.45) is 11.8 Å². The molecule has 0 saturated heterocycles. The molecule has 52 valence electrons. The molecular formula is C6H10O3. The summed E-state index contributed by atoms with van der Waals surface area (Å²) in [5.41, 5.74) is 0. The molecule has 0 radical (unpaired) electrons. The largest absolute Gasteiger partial charge is 0.396 e. The third kappa shape index (κ3) is 0.976. The van der Waals surface area contributed by atoms with Gasteiger partial charge >= 0.3 is 0 Å². The van der Waals surface area contributed by atoms with E-state index >= 15 is 0 Å². The Balaban J connectivity index is 2.38. The lowest BCUT2D eigenvalue weighted by Gasteiger charge is -2.31. The summed E-state index contributed by atoms with van der Waals surface area (Å²) in [6, 6.07) is 0. The minimum Gasteiger partial charge on any atom is -0.396 e. The summed E-state index contributed by atoms with van der Waals surface area (Å²) in [6.07, 6.45) is 0.446. The number of Topliss-reactive ketones (excluding diaryl/α,β-unsaturated/α-hetero) is 1. The van der Waals surface area contributed by atoms with Crippen LogP contribution in [0.5, 0.6) is 0 Å². The molecule has 2 unspecified atom stereocenters. The van der Waals surface area contributed by atoms with Crippen LogP contribution < -0.4 is 0 Å². The second-order valence-corrected chi connectivity index (χ2v) is 2.40. The third-order valence-corrected chi connectivity index (χ3v) is 1.88. The lowest BCUT2D eigenvalue weighted by atomic mass is 9.73. The van der Waals surface area contributed by atoms with Crippen LogP contribution >= 0.6 is 0 Å². The van der Waals surface area contributed by atoms with Crippen LogP contribution in [0.2, 0.25) is 0 Å². The van der Waals surface area contributed by atoms with Gasteiger partial charge in [-0.2, -0.15) is 0 Å². The van der Waals surface area contributed by atoms with Gasteiger partial charge in [0.05, 0.1) is 6.61 Å². The predicted octanol–water partition coefficient (Wildman–Crippen LogP) is -0.824. The molecule has 0 aromatic heterocycles. The summed E-state index contributed by atoms with van der Waals surface area (Å²) in [5.74, 6) is -0.158. The smallest absolute Gasteiger partial charge is 0.139 e. The van der Waals surface area contributed by atoms with Gasteiger partial charge in [0.1, 0.15) is 5.78 Å². The average molecular weight is 130 g/mol. The van der Waals surface area contributed by atoms with Crippen LogP contribution in [0.3, 0.4) is 0 Å². The molecule has 0 aromatic carbocycles. The molecule has 9 heavy (non-hydrogen) atoms. The van der Waals surface area contributed by atoms with E-state index in [0.717, 1.165) is 0 Å². The van der Waals surface area contributed by atoms with Gasteiger partial charge in [-0.05, 0) is 0 Å². The first-order chi connectivity index (χ1) is 4.29. The summed E-state index contributed by atoms with van der Waals surface area (Å²) in [7, 11) is 0. The van der Waals surface area contributed by atoms with E-state index in [4.69, 9.17) is 10.2 Å². The number of aliphatic hydroxyl groups excluding tert-OH is 2. The molecule has 0 heterocycles. The van der Waals surface area contributed by atoms with E-state index in [2.05, 4.69) is 0 Å². The fourth-order valence-corrected chi connectivity index (χ4v) is 1.10. The monoisotopic (exact) mass is 130 g/mol. The number of ketones is 1. The highest BCUT2D eigenvalue weighted by Crippen LogP contribution is 2.29. The molecule has 0 aromatic rings. The van der Waals surface area contributed by atoms with Crippen molar-refractivity contribution in [1.29, 1.82) is 0 Å². The summed E-state index contributed by atoms with van der Waals surface area (Å²) in [6.45, 7) is -0.0823. The van der Waals surface area contributed by atoms with Crippen LogP contribution in [0.25, 0.3) is 0 Å². The number of hydrogen-bond donors (Lipinski definition) is 2. The van der Waals surface area contributed by atoms with Gasteiger partial charge < -0.3 is 10.2 Å². The van der Waals surface area contributed by atoms with E-state index in [9.17, 15) is 4.79 Å². The van der Waals surface area contributed by atoms with Gasteiger partial charge in [0, 0.05) is 24.9 Å².